The molecule has 6 heteroatoms. The van der Waals surface area contributed by atoms with E-state index in [4.69, 9.17) is 5.11 Å². The van der Waals surface area contributed by atoms with Gasteiger partial charge in [0.15, 0.2) is 0 Å². The lowest BCUT2D eigenvalue weighted by atomic mass is 9.78. The van der Waals surface area contributed by atoms with Crippen molar-refractivity contribution in [3.63, 3.8) is 0 Å². The molecule has 4 nitrogen and oxygen atoms in total. The summed E-state index contributed by atoms with van der Waals surface area (Å²) in [5.41, 5.74) is 1.93. The largest absolute Gasteiger partial charge is 0.480 e. The minimum atomic E-state index is -0.836. The molecule has 1 aromatic rings. The smallest absolute Gasteiger partial charge is 0.320 e. The summed E-state index contributed by atoms with van der Waals surface area (Å²) in [6.07, 6.45) is 4.32. The fraction of sp³-hybridized carbons (Fsp3) is 0.500. The second-order valence-electron chi connectivity index (χ2n) is 5.88. The topological polar surface area (TPSA) is 74.6 Å². The molecule has 0 spiro atoms. The first kappa shape index (κ1) is 18.0. The first-order valence-electron chi connectivity index (χ1n) is 7.20. The SMILES string of the molecule is O=C(O)C(I)c1ccc(CC2CCCC(I)(C(=O)O)C2)cc1. The maximum atomic E-state index is 11.4. The van der Waals surface area contributed by atoms with E-state index in [1.54, 1.807) is 0 Å². The van der Waals surface area contributed by atoms with E-state index in [1.165, 1.54) is 0 Å². The predicted octanol–water partition coefficient (Wildman–Crippen LogP) is 4.24. The number of hydrogen-bond acceptors (Lipinski definition) is 2. The molecule has 0 radical (unpaired) electrons. The van der Waals surface area contributed by atoms with Crippen molar-refractivity contribution < 1.29 is 19.8 Å². The van der Waals surface area contributed by atoms with Crippen molar-refractivity contribution in [1.82, 2.24) is 0 Å². The van der Waals surface area contributed by atoms with Gasteiger partial charge in [0.05, 0.1) is 0 Å². The Hall–Kier alpha value is -0.380. The summed E-state index contributed by atoms with van der Waals surface area (Å²) < 4.78 is -1.16. The fourth-order valence-electron chi connectivity index (χ4n) is 3.00. The monoisotopic (exact) mass is 528 g/mol. The van der Waals surface area contributed by atoms with E-state index in [2.05, 4.69) is 22.6 Å². The molecule has 1 fully saturated rings. The standard InChI is InChI=1S/C16H18I2O4/c17-13(14(19)20)12-5-3-10(4-6-12)8-11-2-1-7-16(18,9-11)15(21)22/h3-6,11,13H,1-2,7-9H2,(H,19,20)(H,21,22). The van der Waals surface area contributed by atoms with Crippen molar-refractivity contribution in [2.75, 3.05) is 0 Å². The Kier molecular flexibility index (Phi) is 6.09. The molecule has 1 aliphatic rings. The van der Waals surface area contributed by atoms with Crippen molar-refractivity contribution >= 4 is 57.1 Å². The highest BCUT2D eigenvalue weighted by Crippen LogP contribution is 2.41. The molecular formula is C16H18I2O4. The van der Waals surface area contributed by atoms with Crippen LogP contribution in [0.1, 0.15) is 40.7 Å². The van der Waals surface area contributed by atoms with Gasteiger partial charge in [-0.05, 0) is 36.3 Å². The number of carboxylic acid groups (broad SMARTS) is 2. The van der Waals surface area contributed by atoms with E-state index >= 15 is 0 Å². The molecule has 22 heavy (non-hydrogen) atoms. The van der Waals surface area contributed by atoms with Gasteiger partial charge in [-0.2, -0.15) is 0 Å². The summed E-state index contributed by atoms with van der Waals surface area (Å²) in [6.45, 7) is 0. The Morgan fingerprint density at radius 2 is 1.91 bits per heavy atom. The molecule has 0 saturated heterocycles. The molecule has 0 amide bonds. The summed E-state index contributed by atoms with van der Waals surface area (Å²) in [5, 5.41) is 18.4. The van der Waals surface area contributed by atoms with Crippen LogP contribution in [0.15, 0.2) is 24.3 Å². The highest BCUT2D eigenvalue weighted by atomic mass is 127. The Morgan fingerprint density at radius 1 is 1.27 bits per heavy atom. The van der Waals surface area contributed by atoms with Crippen LogP contribution in [0.5, 0.6) is 0 Å². The number of hydrogen-bond donors (Lipinski definition) is 2. The zero-order valence-corrected chi connectivity index (χ0v) is 16.3. The maximum absolute atomic E-state index is 11.4. The first-order chi connectivity index (χ1) is 10.3. The van der Waals surface area contributed by atoms with E-state index in [9.17, 15) is 14.7 Å². The van der Waals surface area contributed by atoms with Gasteiger partial charge in [-0.3, -0.25) is 9.59 Å². The molecule has 3 atom stereocenters. The van der Waals surface area contributed by atoms with E-state index < -0.39 is 19.3 Å². The van der Waals surface area contributed by atoms with Gasteiger partial charge in [-0.1, -0.05) is 82.3 Å². The van der Waals surface area contributed by atoms with Crippen LogP contribution in [-0.4, -0.2) is 25.6 Å². The summed E-state index contributed by atoms with van der Waals surface area (Å²) >= 11 is 4.00. The summed E-state index contributed by atoms with van der Waals surface area (Å²) in [4.78, 5) is 22.4. The first-order valence-corrected chi connectivity index (χ1v) is 9.52. The van der Waals surface area contributed by atoms with Gasteiger partial charge in [0.25, 0.3) is 0 Å². The number of halogens is 2. The molecule has 0 bridgehead atoms. The maximum Gasteiger partial charge on any atom is 0.320 e. The minimum Gasteiger partial charge on any atom is -0.480 e. The third-order valence-corrected chi connectivity index (χ3v) is 6.89. The summed E-state index contributed by atoms with van der Waals surface area (Å²) in [6, 6.07) is 7.65. The lowest BCUT2D eigenvalue weighted by molar-refractivity contribution is -0.140. The second kappa shape index (κ2) is 7.46. The second-order valence-corrected chi connectivity index (χ2v) is 9.19. The van der Waals surface area contributed by atoms with Crippen LogP contribution in [0.2, 0.25) is 0 Å². The average Bonchev–Trinajstić information content (AvgIpc) is 2.47. The van der Waals surface area contributed by atoms with Crippen LogP contribution in [-0.2, 0) is 16.0 Å². The Balaban J connectivity index is 2.02. The van der Waals surface area contributed by atoms with Crippen LogP contribution >= 0.6 is 45.2 Å². The Labute approximate surface area is 157 Å². The Bertz CT molecular complexity index is 558. The van der Waals surface area contributed by atoms with Crippen LogP contribution < -0.4 is 0 Å². The number of carboxylic acids is 2. The van der Waals surface area contributed by atoms with Crippen LogP contribution in [0.25, 0.3) is 0 Å². The van der Waals surface area contributed by atoms with Gasteiger partial charge in [-0.25, -0.2) is 0 Å². The summed E-state index contributed by atoms with van der Waals surface area (Å²) in [5.74, 6) is -1.17. The van der Waals surface area contributed by atoms with Crippen LogP contribution in [0, 0.1) is 5.92 Å². The highest BCUT2D eigenvalue weighted by Gasteiger charge is 2.40. The molecule has 1 aromatic carbocycles. The third kappa shape index (κ3) is 4.33. The van der Waals surface area contributed by atoms with Gasteiger partial charge in [0.2, 0.25) is 0 Å². The molecule has 3 unspecified atom stereocenters. The third-order valence-electron chi connectivity index (χ3n) is 4.19. The lowest BCUT2D eigenvalue weighted by Crippen LogP contribution is -2.37. The average molecular weight is 528 g/mol. The normalized spacial score (nSPS) is 26.4. The van der Waals surface area contributed by atoms with E-state index in [-0.39, 0.29) is 0 Å². The van der Waals surface area contributed by atoms with Gasteiger partial charge in [0, 0.05) is 0 Å². The molecule has 0 heterocycles. The van der Waals surface area contributed by atoms with Crippen LogP contribution in [0.3, 0.4) is 0 Å². The number of alkyl halides is 2. The van der Waals surface area contributed by atoms with E-state index in [1.807, 2.05) is 46.9 Å². The van der Waals surface area contributed by atoms with Crippen LogP contribution in [0.4, 0.5) is 0 Å². The zero-order chi connectivity index (χ0) is 16.3. The van der Waals surface area contributed by atoms with Crippen molar-refractivity contribution in [3.05, 3.63) is 35.4 Å². The molecule has 1 saturated carbocycles. The highest BCUT2D eigenvalue weighted by molar-refractivity contribution is 14.1. The fourth-order valence-corrected chi connectivity index (χ4v) is 4.42. The van der Waals surface area contributed by atoms with E-state index in [0.717, 1.165) is 36.8 Å². The number of benzene rings is 1. The van der Waals surface area contributed by atoms with E-state index in [0.29, 0.717) is 12.3 Å². The number of aliphatic carboxylic acids is 2. The Morgan fingerprint density at radius 3 is 2.45 bits per heavy atom. The molecule has 0 aromatic heterocycles. The molecular weight excluding hydrogens is 510 g/mol. The quantitative estimate of drug-likeness (QED) is 0.444. The lowest BCUT2D eigenvalue weighted by Gasteiger charge is -2.33. The van der Waals surface area contributed by atoms with Gasteiger partial charge >= 0.3 is 11.9 Å². The number of carbonyl (C=O) groups is 2. The minimum absolute atomic E-state index is 0.377. The molecule has 0 aliphatic heterocycles. The molecule has 2 rings (SSSR count). The van der Waals surface area contributed by atoms with Gasteiger partial charge in [-0.15, -0.1) is 0 Å². The molecule has 2 N–H and O–H groups in total. The van der Waals surface area contributed by atoms with Crippen molar-refractivity contribution in [1.29, 1.82) is 0 Å². The van der Waals surface area contributed by atoms with Crippen molar-refractivity contribution in [3.8, 4) is 0 Å². The predicted molar refractivity (Wildman–Crippen MR) is 101 cm³/mol. The number of rotatable bonds is 5. The van der Waals surface area contributed by atoms with Gasteiger partial charge < -0.3 is 10.2 Å². The summed E-state index contributed by atoms with van der Waals surface area (Å²) in [7, 11) is 0. The van der Waals surface area contributed by atoms with Gasteiger partial charge in [0.1, 0.15) is 7.35 Å². The van der Waals surface area contributed by atoms with Crippen molar-refractivity contribution in [2.24, 2.45) is 5.92 Å². The van der Waals surface area contributed by atoms with Crippen molar-refractivity contribution in [2.45, 2.75) is 39.5 Å². The molecule has 1 aliphatic carbocycles. The molecule has 120 valence electrons. The zero-order valence-electron chi connectivity index (χ0n) is 12.0.